The Balaban J connectivity index is 0.944. The maximum Gasteiger partial charge on any atom is 0.524 e. The quantitative estimate of drug-likeness (QED) is 0.166. The highest BCUT2D eigenvalue weighted by molar-refractivity contribution is 7.68. The van der Waals surface area contributed by atoms with Gasteiger partial charge in [0.15, 0.2) is 0 Å². The van der Waals surface area contributed by atoms with Gasteiger partial charge < -0.3 is 18.1 Å². The van der Waals surface area contributed by atoms with E-state index in [1.807, 2.05) is 0 Å². The molecule has 2 aliphatic heterocycles. The molecule has 7 nitrogen and oxygen atoms in total. The van der Waals surface area contributed by atoms with Crippen molar-refractivity contribution in [1.82, 2.24) is 4.86 Å². The van der Waals surface area contributed by atoms with E-state index in [9.17, 15) is 0 Å². The molecule has 1 N–H and O–H groups in total. The summed E-state index contributed by atoms with van der Waals surface area (Å²) in [6.07, 6.45) is 14.9. The molecule has 18 rings (SSSR count). The third-order valence-corrected chi connectivity index (χ3v) is 24.0. The fourth-order valence-corrected chi connectivity index (χ4v) is 20.0. The minimum absolute atomic E-state index is 0.442. The molecule has 12 aromatic rings. The Labute approximate surface area is 518 Å². The third-order valence-electron chi connectivity index (χ3n) is 20.3. The third kappa shape index (κ3) is 8.71. The van der Waals surface area contributed by atoms with Gasteiger partial charge in [-0.15, -0.1) is 0 Å². The van der Waals surface area contributed by atoms with Crippen molar-refractivity contribution in [2.75, 3.05) is 0 Å². The number of benzene rings is 12. The van der Waals surface area contributed by atoms with Gasteiger partial charge in [0, 0.05) is 44.5 Å². The molecule has 0 unspecified atom stereocenters. The molecule has 436 valence electrons. The summed E-state index contributed by atoms with van der Waals surface area (Å²) in [4.78, 5) is 3.26. The van der Waals surface area contributed by atoms with Crippen LogP contribution in [0.15, 0.2) is 194 Å². The largest absolute Gasteiger partial charge is 0.524 e. The molecule has 6 aliphatic rings. The lowest BCUT2D eigenvalue weighted by Gasteiger charge is -2.28. The van der Waals surface area contributed by atoms with Crippen LogP contribution in [0.3, 0.4) is 0 Å². The Bertz CT molecular complexity index is 4470. The molecule has 89 heavy (non-hydrogen) atoms. The first-order chi connectivity index (χ1) is 43.8. The van der Waals surface area contributed by atoms with Gasteiger partial charge in [-0.2, -0.15) is 0 Å². The summed E-state index contributed by atoms with van der Waals surface area (Å²) in [6, 6.07) is 68.6. The highest BCUT2D eigenvalue weighted by atomic mass is 31.3. The Morgan fingerprint density at radius 1 is 0.258 bits per heavy atom. The topological polar surface area (TPSA) is 83.1 Å². The molecule has 0 saturated heterocycles. The second-order valence-electron chi connectivity index (χ2n) is 25.5. The number of hydrogen-bond acceptors (Lipinski definition) is 6. The Morgan fingerprint density at radius 2 is 0.483 bits per heavy atom. The molecular formula is C80H65NO6P2. The van der Waals surface area contributed by atoms with Crippen molar-refractivity contribution in [3.05, 3.63) is 239 Å². The Morgan fingerprint density at radius 3 is 0.742 bits per heavy atom. The second kappa shape index (κ2) is 21.0. The first kappa shape index (κ1) is 53.3. The fourth-order valence-electron chi connectivity index (χ4n) is 16.4. The maximum absolute atomic E-state index is 17.9. The molecule has 0 aromatic heterocycles. The highest BCUT2D eigenvalue weighted by Crippen LogP contribution is 2.69. The molecule has 0 amide bonds. The lowest BCUT2D eigenvalue weighted by Crippen LogP contribution is -2.22. The molecule has 2 heterocycles. The van der Waals surface area contributed by atoms with Gasteiger partial charge in [-0.25, -0.2) is 9.13 Å². The van der Waals surface area contributed by atoms with Gasteiger partial charge in [0.05, 0.1) is 0 Å². The molecule has 0 spiro atoms. The molecule has 0 saturated carbocycles. The van der Waals surface area contributed by atoms with Crippen LogP contribution in [0.25, 0.3) is 110 Å². The van der Waals surface area contributed by atoms with Crippen LogP contribution < -0.4 is 23.0 Å². The van der Waals surface area contributed by atoms with Gasteiger partial charge in [0.1, 0.15) is 23.0 Å². The number of rotatable bonds is 6. The Kier molecular flexibility index (Phi) is 12.6. The molecule has 4 aliphatic carbocycles. The molecule has 0 fully saturated rings. The number of nitrogens with one attached hydrogen (secondary N) is 1. The summed E-state index contributed by atoms with van der Waals surface area (Å²) in [6.45, 7) is 0. The van der Waals surface area contributed by atoms with Gasteiger partial charge in [-0.05, 0) is 237 Å². The van der Waals surface area contributed by atoms with Crippen LogP contribution in [0.5, 0.6) is 23.0 Å². The summed E-state index contributed by atoms with van der Waals surface area (Å²) >= 11 is 0. The van der Waals surface area contributed by atoms with E-state index in [4.69, 9.17) is 18.1 Å². The zero-order valence-electron chi connectivity index (χ0n) is 49.6. The van der Waals surface area contributed by atoms with E-state index in [1.54, 1.807) is 0 Å². The van der Waals surface area contributed by atoms with Crippen molar-refractivity contribution >= 4 is 58.6 Å². The average molecular weight is 1200 g/mol. The van der Waals surface area contributed by atoms with E-state index in [0.717, 1.165) is 213 Å². The average Bonchev–Trinajstić information content (AvgIpc) is 1.71. The van der Waals surface area contributed by atoms with Crippen LogP contribution in [0.2, 0.25) is 0 Å². The number of fused-ring (bicyclic) bond motifs is 18. The normalized spacial score (nSPS) is 16.7. The minimum atomic E-state index is -5.05. The summed E-state index contributed by atoms with van der Waals surface area (Å²) in [5, 5.41) is 8.48. The van der Waals surface area contributed by atoms with E-state index in [1.165, 1.54) is 44.5 Å². The zero-order chi connectivity index (χ0) is 59.0. The van der Waals surface area contributed by atoms with Crippen LogP contribution in [-0.2, 0) is 60.5 Å². The molecule has 9 heteroatoms. The van der Waals surface area contributed by atoms with Crippen molar-refractivity contribution in [3.8, 4) is 89.8 Å². The van der Waals surface area contributed by atoms with Crippen molar-refractivity contribution in [3.63, 3.8) is 0 Å². The van der Waals surface area contributed by atoms with Gasteiger partial charge in [0.2, 0.25) is 0 Å². The van der Waals surface area contributed by atoms with Crippen LogP contribution in [0, 0.1) is 0 Å². The van der Waals surface area contributed by atoms with Crippen molar-refractivity contribution in [2.45, 2.75) is 103 Å². The maximum atomic E-state index is 17.9. The number of aryl methyl sites for hydroxylation is 4. The van der Waals surface area contributed by atoms with Gasteiger partial charge in [-0.1, -0.05) is 175 Å². The second-order valence-corrected chi connectivity index (χ2v) is 29.0. The van der Waals surface area contributed by atoms with Crippen LogP contribution >= 0.6 is 15.5 Å². The van der Waals surface area contributed by atoms with E-state index >= 15 is 9.13 Å². The molecule has 12 aromatic carbocycles. The van der Waals surface area contributed by atoms with E-state index < -0.39 is 15.5 Å². The molecule has 0 bridgehead atoms. The highest BCUT2D eigenvalue weighted by Gasteiger charge is 2.51. The summed E-state index contributed by atoms with van der Waals surface area (Å²) in [7, 11) is -10.1. The Hall–Kier alpha value is -8.70. The van der Waals surface area contributed by atoms with Gasteiger partial charge in [0.25, 0.3) is 0 Å². The summed E-state index contributed by atoms with van der Waals surface area (Å²) in [5.41, 5.74) is 20.4. The van der Waals surface area contributed by atoms with Gasteiger partial charge >= 0.3 is 15.5 Å². The lowest BCUT2D eigenvalue weighted by atomic mass is 9.77. The molecule has 0 radical (unpaired) electrons. The molecule has 0 atom stereocenters. The zero-order valence-corrected chi connectivity index (χ0v) is 51.4. The lowest BCUT2D eigenvalue weighted by molar-refractivity contribution is 0.358. The standard InChI is InChI=1S/C80H65NO6P2/c82-88(84-77-69(65-41-17-29-49-21-1-9-33-57(49)65)45-53-25-5-13-37-61(53)73(77)74-62-38-14-6-26-54(62)46-70(78(74)85-88)66-42-18-30-50-22-2-10-34-58(50)66)81-89(83)86-79-71(67-43-19-31-51-23-3-11-35-59(51)67)47-55-27-7-15-39-63(55)75(79)76-64-40-16-8-28-56(64)48-72(80(76)87-89)68-44-20-32-52-24-4-12-36-60(52)68/h1-4,9-12,17-24,29-36,41-48H,5-8,13-16,25-28,37-40H2,(H,81,82,83). The summed E-state index contributed by atoms with van der Waals surface area (Å²) < 4.78 is 66.1. The predicted octanol–water partition coefficient (Wildman–Crippen LogP) is 21.9. The van der Waals surface area contributed by atoms with E-state index in [-0.39, 0.29) is 0 Å². The minimum Gasteiger partial charge on any atom is -0.403 e. The van der Waals surface area contributed by atoms with Crippen LogP contribution in [0.1, 0.15) is 95.9 Å². The van der Waals surface area contributed by atoms with E-state index in [2.05, 4.69) is 199 Å². The first-order valence-corrected chi connectivity index (χ1v) is 35.4. The van der Waals surface area contributed by atoms with Gasteiger partial charge in [-0.3, -0.25) is 0 Å². The van der Waals surface area contributed by atoms with Crippen LogP contribution in [0.4, 0.5) is 0 Å². The molecular weight excluding hydrogens is 1130 g/mol. The predicted molar refractivity (Wildman–Crippen MR) is 363 cm³/mol. The van der Waals surface area contributed by atoms with Crippen molar-refractivity contribution in [2.24, 2.45) is 0 Å². The smallest absolute Gasteiger partial charge is 0.403 e. The summed E-state index contributed by atoms with van der Waals surface area (Å²) in [5.74, 6) is 1.77. The van der Waals surface area contributed by atoms with Crippen molar-refractivity contribution in [1.29, 1.82) is 0 Å². The first-order valence-electron chi connectivity index (χ1n) is 32.3. The number of hydrogen-bond donors (Lipinski definition) is 1. The monoisotopic (exact) mass is 1200 g/mol. The fraction of sp³-hybridized carbons (Fsp3) is 0.200. The van der Waals surface area contributed by atoms with E-state index in [0.29, 0.717) is 23.0 Å². The van der Waals surface area contributed by atoms with Crippen LogP contribution in [-0.4, -0.2) is 0 Å². The van der Waals surface area contributed by atoms with Crippen molar-refractivity contribution < 1.29 is 27.2 Å². The SMILES string of the molecule is O=P1(NP2(=O)Oc3c(-c4cccc5ccccc45)cc4c(c3-c3c5c(cc(-c6cccc7ccccc67)c3O2)CCCC5)CCCC4)Oc2c(-c3cccc4ccccc34)cc3c(c2-c2c4c(cc(-c5cccc6ccccc56)c2O1)CCCC4)CCCC3.